The number of rotatable bonds is 3. The average molecular weight is 654 g/mol. The van der Waals surface area contributed by atoms with E-state index in [1.807, 2.05) is 78.9 Å². The third kappa shape index (κ3) is 4.00. The largest absolute Gasteiger partial charge is 0.457 e. The van der Waals surface area contributed by atoms with Crippen LogP contribution >= 0.6 is 0 Å². The Morgan fingerprint density at radius 2 is 0.980 bits per heavy atom. The van der Waals surface area contributed by atoms with Crippen LogP contribution < -0.4 is 4.74 Å². The summed E-state index contributed by atoms with van der Waals surface area (Å²) in [6.45, 7) is 0. The zero-order valence-electron chi connectivity index (χ0n) is 27.2. The van der Waals surface area contributed by atoms with Gasteiger partial charge in [-0.15, -0.1) is 0 Å². The third-order valence-electron chi connectivity index (χ3n) is 10.4. The summed E-state index contributed by atoms with van der Waals surface area (Å²) in [5.74, 6) is 3.40. The molecule has 5 heteroatoms. The topological polar surface area (TPSA) is 61.0 Å². The lowest BCUT2D eigenvalue weighted by atomic mass is 9.66. The molecule has 0 saturated heterocycles. The molecular formula is C46H27N3O2. The van der Waals surface area contributed by atoms with Crippen LogP contribution in [0.4, 0.5) is 0 Å². The number of fused-ring (bicyclic) bond motifs is 12. The molecule has 2 aliphatic rings. The fraction of sp³-hybridized carbons (Fsp3) is 0.0217. The summed E-state index contributed by atoms with van der Waals surface area (Å²) in [7, 11) is 0. The Morgan fingerprint density at radius 3 is 1.75 bits per heavy atom. The van der Waals surface area contributed by atoms with Gasteiger partial charge in [0.25, 0.3) is 0 Å². The molecule has 0 amide bonds. The van der Waals surface area contributed by atoms with Crippen LogP contribution in [0.25, 0.3) is 67.2 Å². The first-order valence-electron chi connectivity index (χ1n) is 17.1. The summed E-state index contributed by atoms with van der Waals surface area (Å²) in [4.78, 5) is 14.9. The predicted molar refractivity (Wildman–Crippen MR) is 201 cm³/mol. The van der Waals surface area contributed by atoms with Crippen molar-refractivity contribution >= 4 is 21.9 Å². The normalized spacial score (nSPS) is 15.3. The number of aromatic nitrogens is 3. The number of hydrogen-bond donors (Lipinski definition) is 0. The van der Waals surface area contributed by atoms with E-state index in [-0.39, 0.29) is 0 Å². The molecule has 9 aromatic rings. The maximum Gasteiger partial charge on any atom is 0.164 e. The monoisotopic (exact) mass is 653 g/mol. The highest BCUT2D eigenvalue weighted by atomic mass is 16.5. The van der Waals surface area contributed by atoms with E-state index in [0.717, 1.165) is 61.3 Å². The minimum absolute atomic E-state index is 0.582. The Labute approximate surface area is 293 Å². The molecule has 0 bridgehead atoms. The molecule has 0 radical (unpaired) electrons. The van der Waals surface area contributed by atoms with E-state index in [9.17, 15) is 0 Å². The first kappa shape index (κ1) is 28.0. The molecule has 1 spiro atoms. The predicted octanol–water partition coefficient (Wildman–Crippen LogP) is 11.2. The second kappa shape index (κ2) is 10.6. The van der Waals surface area contributed by atoms with Gasteiger partial charge >= 0.3 is 0 Å². The van der Waals surface area contributed by atoms with E-state index in [4.69, 9.17) is 24.1 Å². The molecule has 5 nitrogen and oxygen atoms in total. The lowest BCUT2D eigenvalue weighted by Gasteiger charge is -2.39. The first-order valence-corrected chi connectivity index (χ1v) is 17.1. The fourth-order valence-electron chi connectivity index (χ4n) is 8.20. The van der Waals surface area contributed by atoms with Crippen molar-refractivity contribution in [3.63, 3.8) is 0 Å². The number of hydrogen-bond acceptors (Lipinski definition) is 5. The van der Waals surface area contributed by atoms with Gasteiger partial charge in [-0.3, -0.25) is 0 Å². The van der Waals surface area contributed by atoms with Crippen molar-refractivity contribution in [2.75, 3.05) is 0 Å². The number of furan rings is 1. The molecule has 7 aromatic carbocycles. The van der Waals surface area contributed by atoms with Crippen molar-refractivity contribution < 1.29 is 9.15 Å². The Balaban J connectivity index is 1.17. The molecule has 1 atom stereocenters. The van der Waals surface area contributed by atoms with E-state index in [2.05, 4.69) is 84.9 Å². The van der Waals surface area contributed by atoms with E-state index >= 15 is 0 Å². The fourth-order valence-corrected chi connectivity index (χ4v) is 8.20. The number of nitrogens with zero attached hydrogens (tertiary/aromatic N) is 3. The second-order valence-electron chi connectivity index (χ2n) is 13.1. The van der Waals surface area contributed by atoms with E-state index in [1.54, 1.807) is 0 Å². The standard InChI is InChI=1S/C46H27N3O2/c1-3-13-28(14-4-1)43-47-44(29-15-5-2-6-16-29)49-45(48-43)30-23-24-37-42(25-30)51-40-22-12-10-20-36(40)46(37)35-19-9-7-17-31(35)33-26-34-32-18-8-11-21-39(32)50-41(34)27-38(33)46/h1-27H. The zero-order chi connectivity index (χ0) is 33.5. The summed E-state index contributed by atoms with van der Waals surface area (Å²) in [6, 6.07) is 56.5. The minimum atomic E-state index is -0.634. The molecule has 1 unspecified atom stereocenters. The Morgan fingerprint density at radius 1 is 0.373 bits per heavy atom. The highest BCUT2D eigenvalue weighted by Gasteiger charge is 2.51. The lowest BCUT2D eigenvalue weighted by Crippen LogP contribution is -2.32. The average Bonchev–Trinajstić information content (AvgIpc) is 3.70. The van der Waals surface area contributed by atoms with Crippen molar-refractivity contribution in [1.29, 1.82) is 0 Å². The van der Waals surface area contributed by atoms with Gasteiger partial charge in [0.05, 0.1) is 5.41 Å². The van der Waals surface area contributed by atoms with Gasteiger partial charge < -0.3 is 9.15 Å². The first-order chi connectivity index (χ1) is 25.3. The summed E-state index contributed by atoms with van der Waals surface area (Å²) in [6.07, 6.45) is 0. The van der Waals surface area contributed by atoms with Crippen molar-refractivity contribution in [1.82, 2.24) is 15.0 Å². The van der Waals surface area contributed by atoms with Gasteiger partial charge in [0, 0.05) is 38.6 Å². The molecule has 0 fully saturated rings. The van der Waals surface area contributed by atoms with Gasteiger partial charge in [-0.2, -0.15) is 0 Å². The van der Waals surface area contributed by atoms with Crippen LogP contribution in [0.3, 0.4) is 0 Å². The maximum absolute atomic E-state index is 6.83. The van der Waals surface area contributed by atoms with E-state index in [1.165, 1.54) is 22.3 Å². The SMILES string of the molecule is c1ccc(-c2nc(-c3ccccc3)nc(-c3ccc4c(c3)Oc3ccccc3C43c4ccccc4-c4cc5c(cc43)oc3ccccc35)n2)cc1. The molecule has 0 N–H and O–H groups in total. The quantitative estimate of drug-likeness (QED) is 0.190. The van der Waals surface area contributed by atoms with Crippen LogP contribution in [0.1, 0.15) is 22.3 Å². The summed E-state index contributed by atoms with van der Waals surface area (Å²) in [5, 5.41) is 2.23. The van der Waals surface area contributed by atoms with Crippen molar-refractivity contribution in [2.45, 2.75) is 5.41 Å². The second-order valence-corrected chi connectivity index (χ2v) is 13.1. The highest BCUT2D eigenvalue weighted by molar-refractivity contribution is 6.08. The lowest BCUT2D eigenvalue weighted by molar-refractivity contribution is 0.436. The van der Waals surface area contributed by atoms with Gasteiger partial charge in [-0.25, -0.2) is 15.0 Å². The number of benzene rings is 7. The maximum atomic E-state index is 6.83. The summed E-state index contributed by atoms with van der Waals surface area (Å²) >= 11 is 0. The smallest absolute Gasteiger partial charge is 0.164 e. The molecule has 3 heterocycles. The van der Waals surface area contributed by atoms with Gasteiger partial charge in [-0.05, 0) is 52.6 Å². The molecule has 2 aromatic heterocycles. The third-order valence-corrected chi connectivity index (χ3v) is 10.4. The summed E-state index contributed by atoms with van der Waals surface area (Å²) < 4.78 is 13.3. The molecule has 238 valence electrons. The molecular weight excluding hydrogens is 627 g/mol. The van der Waals surface area contributed by atoms with Crippen LogP contribution in [0.15, 0.2) is 168 Å². The van der Waals surface area contributed by atoms with E-state index < -0.39 is 5.41 Å². The molecule has 0 saturated carbocycles. The van der Waals surface area contributed by atoms with Gasteiger partial charge in [0.2, 0.25) is 0 Å². The molecule has 1 aliphatic carbocycles. The van der Waals surface area contributed by atoms with Crippen LogP contribution in [0.5, 0.6) is 11.5 Å². The zero-order valence-corrected chi connectivity index (χ0v) is 27.2. The van der Waals surface area contributed by atoms with Crippen LogP contribution in [0.2, 0.25) is 0 Å². The van der Waals surface area contributed by atoms with Crippen LogP contribution in [-0.4, -0.2) is 15.0 Å². The Hall–Kier alpha value is -6.85. The Kier molecular flexibility index (Phi) is 5.81. The van der Waals surface area contributed by atoms with Crippen LogP contribution in [0, 0.1) is 0 Å². The Bertz CT molecular complexity index is 2790. The molecule has 1 aliphatic heterocycles. The molecule has 11 rings (SSSR count). The highest BCUT2D eigenvalue weighted by Crippen LogP contribution is 2.63. The molecule has 51 heavy (non-hydrogen) atoms. The van der Waals surface area contributed by atoms with Gasteiger partial charge in [0.15, 0.2) is 17.5 Å². The van der Waals surface area contributed by atoms with Crippen LogP contribution in [-0.2, 0) is 5.41 Å². The van der Waals surface area contributed by atoms with Crippen molar-refractivity contribution in [3.05, 3.63) is 186 Å². The summed E-state index contributed by atoms with van der Waals surface area (Å²) in [5.41, 5.74) is 10.8. The van der Waals surface area contributed by atoms with Crippen molar-refractivity contribution in [2.24, 2.45) is 0 Å². The van der Waals surface area contributed by atoms with E-state index in [0.29, 0.717) is 17.5 Å². The van der Waals surface area contributed by atoms with Gasteiger partial charge in [-0.1, -0.05) is 133 Å². The minimum Gasteiger partial charge on any atom is -0.457 e. The van der Waals surface area contributed by atoms with Crippen molar-refractivity contribution in [3.8, 4) is 56.8 Å². The number of para-hydroxylation sites is 2. The number of ether oxygens (including phenoxy) is 1. The van der Waals surface area contributed by atoms with Gasteiger partial charge in [0.1, 0.15) is 22.7 Å².